The molecule has 0 spiro atoms. The van der Waals surface area contributed by atoms with Gasteiger partial charge in [-0.25, -0.2) is 0 Å². The molecule has 1 heterocycles. The fourth-order valence-corrected chi connectivity index (χ4v) is 4.22. The van der Waals surface area contributed by atoms with Crippen molar-refractivity contribution in [1.29, 1.82) is 0 Å². The van der Waals surface area contributed by atoms with Crippen molar-refractivity contribution in [3.8, 4) is 0 Å². The summed E-state index contributed by atoms with van der Waals surface area (Å²) in [5, 5.41) is 10.5. The topological polar surface area (TPSA) is 20.2 Å². The number of hydrogen-bond acceptors (Lipinski definition) is 2. The third-order valence-electron chi connectivity index (χ3n) is 3.93. The molecule has 2 aromatic carbocycles. The fourth-order valence-electron chi connectivity index (χ4n) is 2.82. The van der Waals surface area contributed by atoms with Gasteiger partial charge in [-0.3, -0.25) is 0 Å². The number of fused-ring (bicyclic) bond motifs is 1. The second-order valence-corrected chi connectivity index (χ2v) is 6.71. The van der Waals surface area contributed by atoms with Crippen LogP contribution in [0.3, 0.4) is 0 Å². The third-order valence-corrected chi connectivity index (χ3v) is 5.43. The van der Waals surface area contributed by atoms with Crippen molar-refractivity contribution in [2.75, 3.05) is 12.4 Å². The Bertz CT molecular complexity index is 582. The van der Waals surface area contributed by atoms with Gasteiger partial charge < -0.3 is 5.11 Å². The van der Waals surface area contributed by atoms with E-state index in [9.17, 15) is 5.11 Å². The van der Waals surface area contributed by atoms with Crippen molar-refractivity contribution in [2.45, 2.75) is 23.2 Å². The zero-order valence-electron chi connectivity index (χ0n) is 11.1. The molecule has 0 aliphatic carbocycles. The molecule has 2 unspecified atom stereocenters. The second kappa shape index (κ2) is 6.21. The molecule has 0 amide bonds. The van der Waals surface area contributed by atoms with Crippen LogP contribution in [-0.2, 0) is 0 Å². The predicted molar refractivity (Wildman–Crippen MR) is 85.8 cm³/mol. The van der Waals surface area contributed by atoms with Crippen LogP contribution in [0, 0.1) is 0 Å². The van der Waals surface area contributed by atoms with Crippen molar-refractivity contribution >= 4 is 23.4 Å². The van der Waals surface area contributed by atoms with Crippen molar-refractivity contribution in [2.24, 2.45) is 0 Å². The van der Waals surface area contributed by atoms with E-state index in [1.807, 2.05) is 36.0 Å². The fraction of sp³-hybridized carbons (Fsp3) is 0.294. The smallest absolute Gasteiger partial charge is 0.0499 e. The largest absolute Gasteiger partial charge is 0.396 e. The van der Waals surface area contributed by atoms with Gasteiger partial charge in [0.05, 0.1) is 0 Å². The number of aliphatic hydroxyl groups excluding tert-OH is 1. The SMILES string of the molecule is OCC(CC1CSc2ccccc21)c1ccc(Cl)cc1. The van der Waals surface area contributed by atoms with Crippen LogP contribution in [0.4, 0.5) is 0 Å². The van der Waals surface area contributed by atoms with Crippen LogP contribution in [0.25, 0.3) is 0 Å². The minimum Gasteiger partial charge on any atom is -0.396 e. The molecule has 3 heteroatoms. The number of benzene rings is 2. The van der Waals surface area contributed by atoms with Gasteiger partial charge in [-0.2, -0.15) is 0 Å². The Labute approximate surface area is 129 Å². The van der Waals surface area contributed by atoms with Gasteiger partial charge >= 0.3 is 0 Å². The molecule has 0 aromatic heterocycles. The lowest BCUT2D eigenvalue weighted by Crippen LogP contribution is -2.10. The van der Waals surface area contributed by atoms with Crippen LogP contribution in [0.15, 0.2) is 53.4 Å². The molecule has 3 rings (SSSR count). The van der Waals surface area contributed by atoms with Gasteiger partial charge in [0.1, 0.15) is 0 Å². The molecule has 0 radical (unpaired) electrons. The predicted octanol–water partition coefficient (Wildman–Crippen LogP) is 4.70. The summed E-state index contributed by atoms with van der Waals surface area (Å²) in [6.45, 7) is 0.185. The molecule has 1 aliphatic heterocycles. The van der Waals surface area contributed by atoms with Crippen LogP contribution in [0.5, 0.6) is 0 Å². The second-order valence-electron chi connectivity index (χ2n) is 5.21. The minimum atomic E-state index is 0.184. The number of rotatable bonds is 4. The van der Waals surface area contributed by atoms with E-state index in [2.05, 4.69) is 24.3 Å². The van der Waals surface area contributed by atoms with E-state index in [1.165, 1.54) is 16.0 Å². The summed E-state index contributed by atoms with van der Waals surface area (Å²) in [6.07, 6.45) is 0.988. The third kappa shape index (κ3) is 2.88. The Morgan fingerprint density at radius 1 is 1.15 bits per heavy atom. The average Bonchev–Trinajstić information content (AvgIpc) is 2.89. The van der Waals surface area contributed by atoms with Crippen LogP contribution in [0.2, 0.25) is 5.02 Å². The molecule has 1 aliphatic rings. The first-order valence-electron chi connectivity index (χ1n) is 6.86. The molecule has 2 atom stereocenters. The van der Waals surface area contributed by atoms with Gasteiger partial charge in [0.15, 0.2) is 0 Å². The van der Waals surface area contributed by atoms with Crippen molar-refractivity contribution in [1.82, 2.24) is 0 Å². The summed E-state index contributed by atoms with van der Waals surface area (Å²) in [7, 11) is 0. The first kappa shape index (κ1) is 14.0. The Morgan fingerprint density at radius 2 is 1.90 bits per heavy atom. The Morgan fingerprint density at radius 3 is 2.65 bits per heavy atom. The molecule has 0 bridgehead atoms. The molecule has 2 aromatic rings. The first-order valence-corrected chi connectivity index (χ1v) is 8.22. The molecular formula is C17H17ClOS. The molecule has 0 saturated carbocycles. The monoisotopic (exact) mass is 304 g/mol. The van der Waals surface area contributed by atoms with Crippen molar-refractivity contribution in [3.63, 3.8) is 0 Å². The van der Waals surface area contributed by atoms with Gasteiger partial charge in [0.2, 0.25) is 0 Å². The molecule has 1 N–H and O–H groups in total. The van der Waals surface area contributed by atoms with E-state index in [4.69, 9.17) is 11.6 Å². The van der Waals surface area contributed by atoms with E-state index in [0.29, 0.717) is 5.92 Å². The number of halogens is 1. The lowest BCUT2D eigenvalue weighted by Gasteiger charge is -2.19. The molecular weight excluding hydrogens is 288 g/mol. The zero-order chi connectivity index (χ0) is 13.9. The highest BCUT2D eigenvalue weighted by atomic mass is 35.5. The maximum absolute atomic E-state index is 9.72. The summed E-state index contributed by atoms with van der Waals surface area (Å²) in [5.74, 6) is 1.83. The van der Waals surface area contributed by atoms with Gasteiger partial charge in [-0.05, 0) is 41.7 Å². The molecule has 0 saturated heterocycles. The summed E-state index contributed by atoms with van der Waals surface area (Å²) >= 11 is 7.85. The Balaban J connectivity index is 1.78. The molecule has 104 valence electrons. The summed E-state index contributed by atoms with van der Waals surface area (Å²) in [6, 6.07) is 16.5. The average molecular weight is 305 g/mol. The highest BCUT2D eigenvalue weighted by Crippen LogP contribution is 2.43. The first-order chi connectivity index (χ1) is 9.78. The van der Waals surface area contributed by atoms with Crippen LogP contribution < -0.4 is 0 Å². The minimum absolute atomic E-state index is 0.184. The highest BCUT2D eigenvalue weighted by Gasteiger charge is 2.26. The summed E-state index contributed by atoms with van der Waals surface area (Å²) in [5.41, 5.74) is 2.61. The van der Waals surface area contributed by atoms with E-state index in [0.717, 1.165) is 17.2 Å². The van der Waals surface area contributed by atoms with E-state index < -0.39 is 0 Å². The Kier molecular flexibility index (Phi) is 4.35. The molecule has 1 nitrogen and oxygen atoms in total. The summed E-state index contributed by atoms with van der Waals surface area (Å²) < 4.78 is 0. The van der Waals surface area contributed by atoms with Gasteiger partial charge in [-0.15, -0.1) is 11.8 Å². The standard InChI is InChI=1S/C17H17ClOS/c18-15-7-5-12(6-8-15)13(10-19)9-14-11-20-17-4-2-1-3-16(14)17/h1-8,13-14,19H,9-11H2. The van der Waals surface area contributed by atoms with Crippen LogP contribution in [-0.4, -0.2) is 17.5 Å². The Hall–Kier alpha value is -0.960. The van der Waals surface area contributed by atoms with Crippen molar-refractivity contribution < 1.29 is 5.11 Å². The number of aliphatic hydroxyl groups is 1. The quantitative estimate of drug-likeness (QED) is 0.884. The van der Waals surface area contributed by atoms with Gasteiger partial charge in [0, 0.05) is 28.2 Å². The van der Waals surface area contributed by atoms with Crippen LogP contribution in [0.1, 0.15) is 29.4 Å². The maximum Gasteiger partial charge on any atom is 0.0499 e. The van der Waals surface area contributed by atoms with E-state index >= 15 is 0 Å². The zero-order valence-corrected chi connectivity index (χ0v) is 12.7. The normalized spacial score (nSPS) is 18.8. The van der Waals surface area contributed by atoms with E-state index in [1.54, 1.807) is 0 Å². The summed E-state index contributed by atoms with van der Waals surface area (Å²) in [4.78, 5) is 1.39. The lowest BCUT2D eigenvalue weighted by molar-refractivity contribution is 0.255. The van der Waals surface area contributed by atoms with Crippen LogP contribution >= 0.6 is 23.4 Å². The van der Waals surface area contributed by atoms with Gasteiger partial charge in [-0.1, -0.05) is 41.9 Å². The molecule has 0 fully saturated rings. The van der Waals surface area contributed by atoms with Crippen molar-refractivity contribution in [3.05, 3.63) is 64.7 Å². The maximum atomic E-state index is 9.72. The highest BCUT2D eigenvalue weighted by molar-refractivity contribution is 7.99. The van der Waals surface area contributed by atoms with Gasteiger partial charge in [0.25, 0.3) is 0 Å². The molecule has 20 heavy (non-hydrogen) atoms. The number of hydrogen-bond donors (Lipinski definition) is 1. The lowest BCUT2D eigenvalue weighted by atomic mass is 9.86. The van der Waals surface area contributed by atoms with E-state index in [-0.39, 0.29) is 12.5 Å². The number of thioether (sulfide) groups is 1.